The van der Waals surface area contributed by atoms with E-state index in [1.54, 1.807) is 19.2 Å². The van der Waals surface area contributed by atoms with Gasteiger partial charge in [0.25, 0.3) is 5.56 Å². The third-order valence-electron chi connectivity index (χ3n) is 5.20. The summed E-state index contributed by atoms with van der Waals surface area (Å²) in [6, 6.07) is 25.5. The number of nitrogens with one attached hydrogen (secondary N) is 1. The highest BCUT2D eigenvalue weighted by Gasteiger charge is 2.29. The lowest BCUT2D eigenvalue weighted by Gasteiger charge is -2.13. The van der Waals surface area contributed by atoms with Gasteiger partial charge in [-0.1, -0.05) is 48.5 Å². The summed E-state index contributed by atoms with van der Waals surface area (Å²) in [7, 11) is 1.58. The molecule has 4 aromatic rings. The number of benzene rings is 3. The summed E-state index contributed by atoms with van der Waals surface area (Å²) >= 11 is 0. The fourth-order valence-corrected chi connectivity index (χ4v) is 3.71. The molecule has 1 aromatic heterocycles. The van der Waals surface area contributed by atoms with Gasteiger partial charge in [0.15, 0.2) is 0 Å². The minimum absolute atomic E-state index is 0.312. The summed E-state index contributed by atoms with van der Waals surface area (Å²) in [6.07, 6.45) is 0. The zero-order valence-electron chi connectivity index (χ0n) is 16.9. The molecule has 1 heterocycles. The lowest BCUT2D eigenvalue weighted by Crippen LogP contribution is -2.23. The number of para-hydroxylation sites is 1. The molecule has 4 rings (SSSR count). The molecule has 156 valence electrons. The maximum Gasteiger partial charge on any atom is 0.275 e. The van der Waals surface area contributed by atoms with Crippen molar-refractivity contribution in [3.63, 3.8) is 0 Å². The molecule has 0 bridgehead atoms. The van der Waals surface area contributed by atoms with Gasteiger partial charge in [0.05, 0.1) is 30.0 Å². The molecule has 0 aliphatic rings. The van der Waals surface area contributed by atoms with E-state index in [1.165, 1.54) is 4.68 Å². The van der Waals surface area contributed by atoms with E-state index in [0.717, 1.165) is 5.56 Å². The molecule has 0 fully saturated rings. The van der Waals surface area contributed by atoms with Crippen LogP contribution in [0.15, 0.2) is 89.7 Å². The molecular weight excluding hydrogens is 394 g/mol. The van der Waals surface area contributed by atoms with Gasteiger partial charge >= 0.3 is 0 Å². The number of nitrogens with zero attached hydrogens (tertiary/aromatic N) is 2. The van der Waals surface area contributed by atoms with Crippen LogP contribution in [0.2, 0.25) is 0 Å². The maximum atomic E-state index is 13.6. The first-order valence-corrected chi connectivity index (χ1v) is 9.80. The molecule has 0 saturated heterocycles. The van der Waals surface area contributed by atoms with E-state index in [0.29, 0.717) is 28.3 Å². The number of methoxy groups -OCH3 is 1. The zero-order chi connectivity index (χ0) is 21.8. The van der Waals surface area contributed by atoms with Crippen molar-refractivity contribution < 1.29 is 9.66 Å². The average Bonchev–Trinajstić information content (AvgIpc) is 3.15. The van der Waals surface area contributed by atoms with E-state index >= 15 is 0 Å². The van der Waals surface area contributed by atoms with Gasteiger partial charge in [0.1, 0.15) is 5.75 Å². The van der Waals surface area contributed by atoms with Gasteiger partial charge in [-0.25, -0.2) is 4.68 Å². The first-order valence-electron chi connectivity index (χ1n) is 9.80. The topological polar surface area (TPSA) is 90.2 Å². The SMILES string of the molecule is COc1ccc(-c2[nH]n(-c3ccccc3)c(=O)c2C(C[N+](=O)[O-])c2ccccc2)cc1. The van der Waals surface area contributed by atoms with E-state index in [2.05, 4.69) is 5.10 Å². The summed E-state index contributed by atoms with van der Waals surface area (Å²) in [5, 5.41) is 14.7. The molecule has 0 amide bonds. The van der Waals surface area contributed by atoms with Crippen LogP contribution < -0.4 is 10.3 Å². The first-order chi connectivity index (χ1) is 15.1. The Hall–Kier alpha value is -4.13. The van der Waals surface area contributed by atoms with Crippen molar-refractivity contribution in [1.29, 1.82) is 0 Å². The summed E-state index contributed by atoms with van der Waals surface area (Å²) < 4.78 is 6.67. The van der Waals surface area contributed by atoms with E-state index in [9.17, 15) is 14.9 Å². The summed E-state index contributed by atoms with van der Waals surface area (Å²) in [5.41, 5.74) is 2.70. The molecule has 7 heteroatoms. The lowest BCUT2D eigenvalue weighted by atomic mass is 9.89. The first kappa shape index (κ1) is 20.2. The molecule has 31 heavy (non-hydrogen) atoms. The van der Waals surface area contributed by atoms with Gasteiger partial charge in [0.2, 0.25) is 6.54 Å². The van der Waals surface area contributed by atoms with Crippen LogP contribution in [0.3, 0.4) is 0 Å². The van der Waals surface area contributed by atoms with E-state index in [4.69, 9.17) is 4.74 Å². The minimum atomic E-state index is -0.706. The fraction of sp³-hybridized carbons (Fsp3) is 0.125. The largest absolute Gasteiger partial charge is 0.497 e. The van der Waals surface area contributed by atoms with Crippen LogP contribution in [0.4, 0.5) is 0 Å². The number of hydrogen-bond acceptors (Lipinski definition) is 4. The molecule has 0 radical (unpaired) electrons. The van der Waals surface area contributed by atoms with Crippen LogP contribution in [0.25, 0.3) is 16.9 Å². The van der Waals surface area contributed by atoms with Crippen molar-refractivity contribution >= 4 is 0 Å². The van der Waals surface area contributed by atoms with Crippen LogP contribution in [-0.2, 0) is 0 Å². The van der Waals surface area contributed by atoms with Crippen molar-refractivity contribution in [2.24, 2.45) is 0 Å². The zero-order valence-corrected chi connectivity index (χ0v) is 16.9. The van der Waals surface area contributed by atoms with Gasteiger partial charge in [-0.2, -0.15) is 0 Å². The van der Waals surface area contributed by atoms with Crippen molar-refractivity contribution in [1.82, 2.24) is 9.78 Å². The molecular formula is C24H21N3O4. The minimum Gasteiger partial charge on any atom is -0.497 e. The van der Waals surface area contributed by atoms with Gasteiger partial charge in [-0.3, -0.25) is 20.0 Å². The molecule has 1 unspecified atom stereocenters. The van der Waals surface area contributed by atoms with Crippen LogP contribution in [-0.4, -0.2) is 28.4 Å². The Kier molecular flexibility index (Phi) is 5.66. The maximum absolute atomic E-state index is 13.6. The van der Waals surface area contributed by atoms with Gasteiger partial charge in [0, 0.05) is 10.5 Å². The number of H-pyrrole nitrogens is 1. The quantitative estimate of drug-likeness (QED) is 0.361. The highest BCUT2D eigenvalue weighted by molar-refractivity contribution is 5.66. The molecule has 7 nitrogen and oxygen atoms in total. The van der Waals surface area contributed by atoms with E-state index < -0.39 is 12.5 Å². The third-order valence-corrected chi connectivity index (χ3v) is 5.20. The molecule has 3 aromatic carbocycles. The average molecular weight is 415 g/mol. The molecule has 0 aliphatic carbocycles. The van der Waals surface area contributed by atoms with Crippen molar-refractivity contribution in [2.45, 2.75) is 5.92 Å². The summed E-state index contributed by atoms with van der Waals surface area (Å²) in [6.45, 7) is -0.394. The van der Waals surface area contributed by atoms with E-state index in [-0.39, 0.29) is 10.5 Å². The van der Waals surface area contributed by atoms with Crippen molar-refractivity contribution in [3.05, 3.63) is 117 Å². The molecule has 0 saturated carbocycles. The second-order valence-corrected chi connectivity index (χ2v) is 7.08. The van der Waals surface area contributed by atoms with Crippen LogP contribution >= 0.6 is 0 Å². The van der Waals surface area contributed by atoms with Crippen molar-refractivity contribution in [3.8, 4) is 22.7 Å². The highest BCUT2D eigenvalue weighted by atomic mass is 16.6. The monoisotopic (exact) mass is 415 g/mol. The Morgan fingerprint density at radius 3 is 2.16 bits per heavy atom. The van der Waals surface area contributed by atoms with Gasteiger partial charge in [-0.05, 0) is 42.0 Å². The van der Waals surface area contributed by atoms with Gasteiger partial charge < -0.3 is 4.74 Å². The number of nitro groups is 1. The number of rotatable bonds is 7. The Morgan fingerprint density at radius 2 is 1.58 bits per heavy atom. The Morgan fingerprint density at radius 1 is 0.968 bits per heavy atom. The molecule has 1 atom stereocenters. The number of aromatic amines is 1. The smallest absolute Gasteiger partial charge is 0.275 e. The Balaban J connectivity index is 1.96. The van der Waals surface area contributed by atoms with E-state index in [1.807, 2.05) is 72.8 Å². The highest BCUT2D eigenvalue weighted by Crippen LogP contribution is 2.32. The molecule has 0 spiro atoms. The van der Waals surface area contributed by atoms with Crippen LogP contribution in [0, 0.1) is 10.1 Å². The number of hydrogen-bond donors (Lipinski definition) is 1. The Labute approximate surface area is 178 Å². The predicted molar refractivity (Wildman–Crippen MR) is 119 cm³/mol. The Bertz CT molecular complexity index is 1230. The van der Waals surface area contributed by atoms with Crippen molar-refractivity contribution in [2.75, 3.05) is 13.7 Å². The summed E-state index contributed by atoms with van der Waals surface area (Å²) in [5.74, 6) is -0.0259. The molecule has 0 aliphatic heterocycles. The van der Waals surface area contributed by atoms with Gasteiger partial charge in [-0.15, -0.1) is 0 Å². The predicted octanol–water partition coefficient (Wildman–Crippen LogP) is 4.25. The van der Waals surface area contributed by atoms with Crippen LogP contribution in [0.5, 0.6) is 5.75 Å². The fourth-order valence-electron chi connectivity index (χ4n) is 3.71. The second-order valence-electron chi connectivity index (χ2n) is 7.08. The number of aromatic nitrogens is 2. The third kappa shape index (κ3) is 4.11. The summed E-state index contributed by atoms with van der Waals surface area (Å²) in [4.78, 5) is 24.7. The normalized spacial score (nSPS) is 11.8. The standard InChI is InChI=1S/C24H21N3O4/c1-31-20-14-12-18(13-15-20)23-22(21(16-26(29)30)17-8-4-2-5-9-17)24(28)27(25-23)19-10-6-3-7-11-19/h2-15,21,25H,16H2,1H3. The van der Waals surface area contributed by atoms with Crippen LogP contribution in [0.1, 0.15) is 17.0 Å². The second kappa shape index (κ2) is 8.71. The lowest BCUT2D eigenvalue weighted by molar-refractivity contribution is -0.481. The molecule has 1 N–H and O–H groups in total. The number of ether oxygens (including phenoxy) is 1.